The number of carboxylic acid groups (broad SMARTS) is 1. The third-order valence-corrected chi connectivity index (χ3v) is 3.65. The summed E-state index contributed by atoms with van der Waals surface area (Å²) in [6.07, 6.45) is 0. The second-order valence-corrected chi connectivity index (χ2v) is 5.17. The number of hydrogen-bond acceptors (Lipinski definition) is 5. The third kappa shape index (κ3) is 3.10. The number of benzene rings is 2. The summed E-state index contributed by atoms with van der Waals surface area (Å²) in [6, 6.07) is 10.3. The number of rotatable bonds is 6. The van der Waals surface area contributed by atoms with Gasteiger partial charge in [0.15, 0.2) is 11.5 Å². The zero-order valence-electron chi connectivity index (χ0n) is 13.3. The van der Waals surface area contributed by atoms with E-state index in [-0.39, 0.29) is 5.56 Å². The van der Waals surface area contributed by atoms with Crippen molar-refractivity contribution in [1.82, 2.24) is 9.97 Å². The molecule has 0 aliphatic carbocycles. The molecule has 2 aromatic carbocycles. The van der Waals surface area contributed by atoms with Crippen molar-refractivity contribution in [3.63, 3.8) is 0 Å². The zero-order chi connectivity index (χ0) is 17.1. The normalized spacial score (nSPS) is 10.6. The van der Waals surface area contributed by atoms with Gasteiger partial charge in [0.25, 0.3) is 0 Å². The van der Waals surface area contributed by atoms with E-state index in [1.807, 2.05) is 6.07 Å². The SMILES string of the molecule is COc1cc2nc(NCc3ccc(C(=O)O)cc3)[nH]c2cc1OC. The van der Waals surface area contributed by atoms with E-state index in [1.165, 1.54) is 0 Å². The molecule has 0 amide bonds. The fraction of sp³-hybridized carbons (Fsp3) is 0.176. The number of anilines is 1. The minimum Gasteiger partial charge on any atom is -0.493 e. The van der Waals surface area contributed by atoms with Gasteiger partial charge in [-0.25, -0.2) is 9.78 Å². The molecule has 0 saturated carbocycles. The van der Waals surface area contributed by atoms with Gasteiger partial charge in [-0.3, -0.25) is 0 Å². The first-order valence-electron chi connectivity index (χ1n) is 7.28. The van der Waals surface area contributed by atoms with Gasteiger partial charge >= 0.3 is 5.97 Å². The summed E-state index contributed by atoms with van der Waals surface area (Å²) in [7, 11) is 3.16. The van der Waals surface area contributed by atoms with Crippen LogP contribution < -0.4 is 14.8 Å². The molecule has 0 atom stereocenters. The Hall–Kier alpha value is -3.22. The number of aromatic carboxylic acids is 1. The number of fused-ring (bicyclic) bond motifs is 1. The third-order valence-electron chi connectivity index (χ3n) is 3.65. The van der Waals surface area contributed by atoms with E-state index in [0.29, 0.717) is 24.0 Å². The molecule has 7 nitrogen and oxygen atoms in total. The van der Waals surface area contributed by atoms with E-state index < -0.39 is 5.97 Å². The Morgan fingerprint density at radius 2 is 1.83 bits per heavy atom. The minimum atomic E-state index is -0.935. The molecule has 3 rings (SSSR count). The van der Waals surface area contributed by atoms with Gasteiger partial charge < -0.3 is 24.9 Å². The number of carboxylic acids is 1. The van der Waals surface area contributed by atoms with Crippen LogP contribution in [0.25, 0.3) is 11.0 Å². The van der Waals surface area contributed by atoms with E-state index in [1.54, 1.807) is 44.6 Å². The van der Waals surface area contributed by atoms with Crippen molar-refractivity contribution in [3.8, 4) is 11.5 Å². The van der Waals surface area contributed by atoms with Crippen LogP contribution in [0.1, 0.15) is 15.9 Å². The van der Waals surface area contributed by atoms with Crippen LogP contribution in [0.2, 0.25) is 0 Å². The van der Waals surface area contributed by atoms with Gasteiger partial charge in [0, 0.05) is 18.7 Å². The Labute approximate surface area is 138 Å². The Morgan fingerprint density at radius 3 is 2.46 bits per heavy atom. The predicted octanol–water partition coefficient (Wildman–Crippen LogP) is 2.89. The molecule has 1 heterocycles. The number of ether oxygens (including phenoxy) is 2. The lowest BCUT2D eigenvalue weighted by atomic mass is 10.1. The highest BCUT2D eigenvalue weighted by Gasteiger charge is 2.10. The minimum absolute atomic E-state index is 0.265. The molecule has 124 valence electrons. The maximum absolute atomic E-state index is 10.8. The van der Waals surface area contributed by atoms with Gasteiger partial charge in [0.1, 0.15) is 0 Å². The molecule has 0 unspecified atom stereocenters. The zero-order valence-corrected chi connectivity index (χ0v) is 13.3. The van der Waals surface area contributed by atoms with Crippen LogP contribution in [-0.4, -0.2) is 35.3 Å². The maximum Gasteiger partial charge on any atom is 0.335 e. The summed E-state index contributed by atoms with van der Waals surface area (Å²) in [5.41, 5.74) is 2.81. The molecule has 0 bridgehead atoms. The molecular formula is C17H17N3O4. The van der Waals surface area contributed by atoms with Crippen LogP contribution in [0.5, 0.6) is 11.5 Å². The highest BCUT2D eigenvalue weighted by molar-refractivity contribution is 5.87. The fourth-order valence-corrected chi connectivity index (χ4v) is 2.37. The lowest BCUT2D eigenvalue weighted by Gasteiger charge is -2.06. The monoisotopic (exact) mass is 327 g/mol. The van der Waals surface area contributed by atoms with Crippen molar-refractivity contribution in [2.45, 2.75) is 6.54 Å². The Morgan fingerprint density at radius 1 is 1.17 bits per heavy atom. The molecule has 0 fully saturated rings. The molecule has 1 aromatic heterocycles. The maximum atomic E-state index is 10.8. The van der Waals surface area contributed by atoms with Gasteiger partial charge in [-0.2, -0.15) is 0 Å². The number of nitrogens with zero attached hydrogens (tertiary/aromatic N) is 1. The van der Waals surface area contributed by atoms with Gasteiger partial charge in [0.2, 0.25) is 5.95 Å². The van der Waals surface area contributed by atoms with Gasteiger partial charge in [0.05, 0.1) is 30.8 Å². The topological polar surface area (TPSA) is 96.5 Å². The number of carbonyl (C=O) groups is 1. The molecule has 7 heteroatoms. The van der Waals surface area contributed by atoms with Crippen molar-refractivity contribution in [1.29, 1.82) is 0 Å². The number of nitrogens with one attached hydrogen (secondary N) is 2. The summed E-state index contributed by atoms with van der Waals surface area (Å²) in [5.74, 6) is 0.925. The summed E-state index contributed by atoms with van der Waals surface area (Å²) in [6.45, 7) is 0.522. The summed E-state index contributed by atoms with van der Waals surface area (Å²) >= 11 is 0. The van der Waals surface area contributed by atoms with Crippen molar-refractivity contribution >= 4 is 23.0 Å². The quantitative estimate of drug-likeness (QED) is 0.644. The van der Waals surface area contributed by atoms with Crippen LogP contribution >= 0.6 is 0 Å². The predicted molar refractivity (Wildman–Crippen MR) is 89.9 cm³/mol. The Bertz CT molecular complexity index is 830. The summed E-state index contributed by atoms with van der Waals surface area (Å²) in [4.78, 5) is 18.5. The highest BCUT2D eigenvalue weighted by atomic mass is 16.5. The molecule has 3 aromatic rings. The highest BCUT2D eigenvalue weighted by Crippen LogP contribution is 2.31. The molecule has 0 aliphatic rings. The Kier molecular flexibility index (Phi) is 4.24. The lowest BCUT2D eigenvalue weighted by Crippen LogP contribution is -2.02. The average molecular weight is 327 g/mol. The number of methoxy groups -OCH3 is 2. The van der Waals surface area contributed by atoms with E-state index in [9.17, 15) is 4.79 Å². The van der Waals surface area contributed by atoms with E-state index in [0.717, 1.165) is 16.6 Å². The average Bonchev–Trinajstić information content (AvgIpc) is 3.00. The fourth-order valence-electron chi connectivity index (χ4n) is 2.37. The van der Waals surface area contributed by atoms with E-state index in [2.05, 4.69) is 15.3 Å². The van der Waals surface area contributed by atoms with Gasteiger partial charge in [-0.15, -0.1) is 0 Å². The molecule has 0 saturated heterocycles. The van der Waals surface area contributed by atoms with Gasteiger partial charge in [-0.1, -0.05) is 12.1 Å². The first kappa shape index (κ1) is 15.7. The first-order valence-corrected chi connectivity index (χ1v) is 7.28. The number of imidazole rings is 1. The van der Waals surface area contributed by atoms with Crippen molar-refractivity contribution in [2.75, 3.05) is 19.5 Å². The van der Waals surface area contributed by atoms with E-state index in [4.69, 9.17) is 14.6 Å². The summed E-state index contributed by atoms with van der Waals surface area (Å²) in [5, 5.41) is 12.1. The second kappa shape index (κ2) is 6.49. The molecule has 0 spiro atoms. The van der Waals surface area contributed by atoms with E-state index >= 15 is 0 Å². The van der Waals surface area contributed by atoms with Crippen LogP contribution in [0.4, 0.5) is 5.95 Å². The number of H-pyrrole nitrogens is 1. The summed E-state index contributed by atoms with van der Waals surface area (Å²) < 4.78 is 10.5. The van der Waals surface area contributed by atoms with Crippen LogP contribution in [0.15, 0.2) is 36.4 Å². The molecule has 3 N–H and O–H groups in total. The van der Waals surface area contributed by atoms with Crippen molar-refractivity contribution in [2.24, 2.45) is 0 Å². The smallest absolute Gasteiger partial charge is 0.335 e. The van der Waals surface area contributed by atoms with Crippen LogP contribution in [-0.2, 0) is 6.54 Å². The largest absolute Gasteiger partial charge is 0.493 e. The number of aromatic amines is 1. The van der Waals surface area contributed by atoms with Crippen LogP contribution in [0, 0.1) is 0 Å². The first-order chi connectivity index (χ1) is 11.6. The second-order valence-electron chi connectivity index (χ2n) is 5.17. The molecular weight excluding hydrogens is 310 g/mol. The number of hydrogen-bond donors (Lipinski definition) is 3. The molecule has 0 radical (unpaired) electrons. The standard InChI is InChI=1S/C17H17N3O4/c1-23-14-7-12-13(8-15(14)24-2)20-17(19-12)18-9-10-3-5-11(6-4-10)16(21)22/h3-8H,9H2,1-2H3,(H,21,22)(H2,18,19,20). The van der Waals surface area contributed by atoms with Crippen molar-refractivity contribution in [3.05, 3.63) is 47.5 Å². The number of aromatic nitrogens is 2. The Balaban J connectivity index is 1.76. The van der Waals surface area contributed by atoms with Gasteiger partial charge in [-0.05, 0) is 17.7 Å². The van der Waals surface area contributed by atoms with Crippen LogP contribution in [0.3, 0.4) is 0 Å². The molecule has 24 heavy (non-hydrogen) atoms. The molecule has 0 aliphatic heterocycles. The van der Waals surface area contributed by atoms with Crippen molar-refractivity contribution < 1.29 is 19.4 Å². The lowest BCUT2D eigenvalue weighted by molar-refractivity contribution is 0.0697.